The van der Waals surface area contributed by atoms with Crippen molar-refractivity contribution < 1.29 is 27.5 Å². The lowest BCUT2D eigenvalue weighted by Crippen LogP contribution is -2.24. The Morgan fingerprint density at radius 2 is 1.71 bits per heavy atom. The quantitative estimate of drug-likeness (QED) is 0.487. The lowest BCUT2D eigenvalue weighted by Gasteiger charge is -2.19. The van der Waals surface area contributed by atoms with Gasteiger partial charge in [0, 0.05) is 18.1 Å². The Kier molecular flexibility index (Phi) is 5.33. The predicted molar refractivity (Wildman–Crippen MR) is 69.7 cm³/mol. The summed E-state index contributed by atoms with van der Waals surface area (Å²) >= 11 is 0. The van der Waals surface area contributed by atoms with E-state index in [1.165, 1.54) is 5.94 Å². The normalized spacial score (nSPS) is 11.0. The van der Waals surface area contributed by atoms with Gasteiger partial charge in [-0.05, 0) is 32.4 Å². The van der Waals surface area contributed by atoms with Crippen LogP contribution in [0.4, 0.5) is 13.2 Å². The molecular formula is C15H15F3O3. The molecule has 1 rings (SSSR count). The van der Waals surface area contributed by atoms with E-state index in [0.717, 1.165) is 0 Å². The highest BCUT2D eigenvalue weighted by molar-refractivity contribution is 5.76. The van der Waals surface area contributed by atoms with E-state index in [9.17, 15) is 22.8 Å². The summed E-state index contributed by atoms with van der Waals surface area (Å²) in [4.78, 5) is 22.4. The van der Waals surface area contributed by atoms with Crippen LogP contribution in [-0.4, -0.2) is 17.5 Å². The molecule has 0 heterocycles. The van der Waals surface area contributed by atoms with E-state index >= 15 is 0 Å². The van der Waals surface area contributed by atoms with E-state index in [0.29, 0.717) is 12.1 Å². The van der Waals surface area contributed by atoms with Crippen molar-refractivity contribution in [1.29, 1.82) is 0 Å². The first kappa shape index (κ1) is 17.0. The predicted octanol–water partition coefficient (Wildman–Crippen LogP) is 3.14. The van der Waals surface area contributed by atoms with Crippen LogP contribution in [0.2, 0.25) is 0 Å². The standard InChI is InChI=1S/C15H15F3O3/c1-15(2,3)21-14(20)5-9(8-19)4-10-6-12(17)13(18)7-11(10)16/h6-7H,4-5H2,1-3H3. The largest absolute Gasteiger partial charge is 0.460 e. The van der Waals surface area contributed by atoms with Crippen LogP contribution in [0.1, 0.15) is 32.8 Å². The molecule has 0 atom stereocenters. The first-order valence-electron chi connectivity index (χ1n) is 6.20. The Hall–Kier alpha value is -2.07. The molecule has 0 aliphatic rings. The minimum atomic E-state index is -1.32. The molecular weight excluding hydrogens is 285 g/mol. The Morgan fingerprint density at radius 1 is 1.14 bits per heavy atom. The highest BCUT2D eigenvalue weighted by atomic mass is 19.2. The topological polar surface area (TPSA) is 43.4 Å². The van der Waals surface area contributed by atoms with Gasteiger partial charge in [0.2, 0.25) is 0 Å². The maximum atomic E-state index is 13.5. The van der Waals surface area contributed by atoms with Crippen LogP contribution in [0, 0.1) is 17.5 Å². The maximum Gasteiger partial charge on any atom is 0.311 e. The van der Waals surface area contributed by atoms with Crippen molar-refractivity contribution in [1.82, 2.24) is 0 Å². The molecule has 0 amide bonds. The van der Waals surface area contributed by atoms with Crippen molar-refractivity contribution in [2.45, 2.75) is 39.2 Å². The minimum absolute atomic E-state index is 0.103. The molecule has 6 heteroatoms. The average molecular weight is 300 g/mol. The van der Waals surface area contributed by atoms with E-state index < -0.39 is 29.0 Å². The Morgan fingerprint density at radius 3 is 2.24 bits per heavy atom. The number of esters is 1. The summed E-state index contributed by atoms with van der Waals surface area (Å²) in [6.07, 6.45) is -0.731. The van der Waals surface area contributed by atoms with Gasteiger partial charge < -0.3 is 4.74 Å². The fourth-order valence-electron chi connectivity index (χ4n) is 1.62. The molecule has 0 aliphatic carbocycles. The Labute approximate surface area is 120 Å². The van der Waals surface area contributed by atoms with Gasteiger partial charge in [0.15, 0.2) is 11.6 Å². The van der Waals surface area contributed by atoms with Crippen molar-refractivity contribution in [3.63, 3.8) is 0 Å². The summed E-state index contributed by atoms with van der Waals surface area (Å²) in [5, 5.41) is 0. The molecule has 0 bridgehead atoms. The van der Waals surface area contributed by atoms with E-state index in [-0.39, 0.29) is 24.0 Å². The van der Waals surface area contributed by atoms with E-state index in [2.05, 4.69) is 0 Å². The van der Waals surface area contributed by atoms with Crippen LogP contribution in [0.15, 0.2) is 17.7 Å². The average Bonchev–Trinajstić information content (AvgIpc) is 2.32. The molecule has 0 fully saturated rings. The van der Waals surface area contributed by atoms with Crippen molar-refractivity contribution in [2.75, 3.05) is 0 Å². The first-order valence-corrected chi connectivity index (χ1v) is 6.20. The first-order chi connectivity index (χ1) is 9.62. The molecule has 0 N–H and O–H groups in total. The third-order valence-corrected chi connectivity index (χ3v) is 2.42. The van der Waals surface area contributed by atoms with Gasteiger partial charge in [-0.15, -0.1) is 0 Å². The molecule has 0 saturated carbocycles. The zero-order valence-electron chi connectivity index (χ0n) is 11.9. The molecule has 0 saturated heterocycles. The van der Waals surface area contributed by atoms with Gasteiger partial charge in [0.1, 0.15) is 17.4 Å². The van der Waals surface area contributed by atoms with Gasteiger partial charge in [0.25, 0.3) is 0 Å². The molecule has 0 aromatic heterocycles. The monoisotopic (exact) mass is 300 g/mol. The fraction of sp³-hybridized carbons (Fsp3) is 0.400. The SMILES string of the molecule is CC(C)(C)OC(=O)CC(=C=O)Cc1cc(F)c(F)cc1F. The van der Waals surface area contributed by atoms with Crippen LogP contribution in [0.25, 0.3) is 0 Å². The van der Waals surface area contributed by atoms with Crippen LogP contribution in [-0.2, 0) is 20.7 Å². The third-order valence-electron chi connectivity index (χ3n) is 2.42. The zero-order valence-corrected chi connectivity index (χ0v) is 11.9. The van der Waals surface area contributed by atoms with E-state index in [1.807, 2.05) is 0 Å². The number of carbonyl (C=O) groups is 1. The molecule has 0 aliphatic heterocycles. The molecule has 1 aromatic carbocycles. The number of carbonyl (C=O) groups excluding carboxylic acids is 2. The molecule has 1 aromatic rings. The van der Waals surface area contributed by atoms with Crippen LogP contribution in [0.3, 0.4) is 0 Å². The Balaban J connectivity index is 2.83. The van der Waals surface area contributed by atoms with Gasteiger partial charge in [-0.3, -0.25) is 4.79 Å². The van der Waals surface area contributed by atoms with Gasteiger partial charge in [-0.25, -0.2) is 18.0 Å². The number of ether oxygens (including phenoxy) is 1. The van der Waals surface area contributed by atoms with E-state index in [1.54, 1.807) is 20.8 Å². The number of hydrogen-bond acceptors (Lipinski definition) is 3. The second kappa shape index (κ2) is 6.59. The van der Waals surface area contributed by atoms with Gasteiger partial charge >= 0.3 is 5.97 Å². The molecule has 3 nitrogen and oxygen atoms in total. The van der Waals surface area contributed by atoms with Crippen LogP contribution < -0.4 is 0 Å². The van der Waals surface area contributed by atoms with Crippen molar-refractivity contribution >= 4 is 11.9 Å². The van der Waals surface area contributed by atoms with Crippen molar-refractivity contribution in [3.8, 4) is 0 Å². The third kappa shape index (κ3) is 5.44. The smallest absolute Gasteiger partial charge is 0.311 e. The fourth-order valence-corrected chi connectivity index (χ4v) is 1.62. The van der Waals surface area contributed by atoms with Gasteiger partial charge in [-0.1, -0.05) is 0 Å². The molecule has 0 radical (unpaired) electrons. The number of halogens is 3. The molecule has 0 unspecified atom stereocenters. The van der Waals surface area contributed by atoms with E-state index in [4.69, 9.17) is 4.74 Å². The molecule has 21 heavy (non-hydrogen) atoms. The second-order valence-corrected chi connectivity index (χ2v) is 5.50. The molecule has 0 spiro atoms. The zero-order chi connectivity index (χ0) is 16.2. The summed E-state index contributed by atoms with van der Waals surface area (Å²) < 4.78 is 44.3. The number of hydrogen-bond donors (Lipinski definition) is 0. The summed E-state index contributed by atoms with van der Waals surface area (Å²) in [7, 11) is 0. The maximum absolute atomic E-state index is 13.5. The lowest BCUT2D eigenvalue weighted by atomic mass is 10.0. The highest BCUT2D eigenvalue weighted by Gasteiger charge is 2.19. The molecule has 114 valence electrons. The number of benzene rings is 1. The Bertz CT molecular complexity index is 597. The summed E-state index contributed by atoms with van der Waals surface area (Å²) in [5.41, 5.74) is -1.05. The van der Waals surface area contributed by atoms with Gasteiger partial charge in [0.05, 0.1) is 6.42 Å². The van der Waals surface area contributed by atoms with Crippen LogP contribution in [0.5, 0.6) is 0 Å². The van der Waals surface area contributed by atoms with Gasteiger partial charge in [-0.2, -0.15) is 0 Å². The second-order valence-electron chi connectivity index (χ2n) is 5.50. The highest BCUT2D eigenvalue weighted by Crippen LogP contribution is 2.18. The minimum Gasteiger partial charge on any atom is -0.460 e. The number of rotatable bonds is 4. The van der Waals surface area contributed by atoms with Crippen molar-refractivity contribution in [2.24, 2.45) is 0 Å². The van der Waals surface area contributed by atoms with Crippen molar-refractivity contribution in [3.05, 3.63) is 40.7 Å². The van der Waals surface area contributed by atoms with Crippen LogP contribution >= 0.6 is 0 Å². The summed E-state index contributed by atoms with van der Waals surface area (Å²) in [6, 6.07) is 1.04. The lowest BCUT2D eigenvalue weighted by molar-refractivity contribution is -0.153. The summed E-state index contributed by atoms with van der Waals surface area (Å²) in [5.74, 6) is -2.71. The summed E-state index contributed by atoms with van der Waals surface area (Å²) in [6.45, 7) is 4.97.